The Morgan fingerprint density at radius 1 is 1.23 bits per heavy atom. The van der Waals surface area contributed by atoms with E-state index in [9.17, 15) is 4.79 Å². The SMILES string of the molecule is COc1ccc(C2=CCC(NC(=O)OC(C)(C)C)CC2)cc1. The molecular formula is C18H25NO3. The molecule has 1 aliphatic carbocycles. The number of rotatable bonds is 3. The van der Waals surface area contributed by atoms with E-state index in [1.807, 2.05) is 32.9 Å². The van der Waals surface area contributed by atoms with Crippen molar-refractivity contribution in [2.75, 3.05) is 7.11 Å². The molecule has 22 heavy (non-hydrogen) atoms. The molecule has 4 heteroatoms. The summed E-state index contributed by atoms with van der Waals surface area (Å²) < 4.78 is 10.5. The lowest BCUT2D eigenvalue weighted by molar-refractivity contribution is 0.0502. The largest absolute Gasteiger partial charge is 0.497 e. The number of methoxy groups -OCH3 is 1. The summed E-state index contributed by atoms with van der Waals surface area (Å²) in [6, 6.07) is 8.25. The van der Waals surface area contributed by atoms with Crippen molar-refractivity contribution < 1.29 is 14.3 Å². The van der Waals surface area contributed by atoms with Gasteiger partial charge in [-0.05, 0) is 63.3 Å². The highest BCUT2D eigenvalue weighted by Gasteiger charge is 2.21. The van der Waals surface area contributed by atoms with Gasteiger partial charge in [0.2, 0.25) is 0 Å². The maximum atomic E-state index is 11.8. The predicted octanol–water partition coefficient (Wildman–Crippen LogP) is 4.16. The zero-order valence-electron chi connectivity index (χ0n) is 13.8. The fourth-order valence-corrected chi connectivity index (χ4v) is 2.51. The first-order chi connectivity index (χ1) is 10.4. The lowest BCUT2D eigenvalue weighted by atomic mass is 9.91. The summed E-state index contributed by atoms with van der Waals surface area (Å²) in [6.45, 7) is 5.61. The number of hydrogen-bond donors (Lipinski definition) is 1. The van der Waals surface area contributed by atoms with Gasteiger partial charge in [-0.1, -0.05) is 18.2 Å². The van der Waals surface area contributed by atoms with Crippen LogP contribution >= 0.6 is 0 Å². The lowest BCUT2D eigenvalue weighted by Gasteiger charge is -2.26. The Morgan fingerprint density at radius 2 is 1.91 bits per heavy atom. The Bertz CT molecular complexity index is 540. The number of allylic oxidation sites excluding steroid dienone is 1. The van der Waals surface area contributed by atoms with Crippen LogP contribution < -0.4 is 10.1 Å². The van der Waals surface area contributed by atoms with E-state index in [1.54, 1.807) is 7.11 Å². The first-order valence-electron chi connectivity index (χ1n) is 7.70. The van der Waals surface area contributed by atoms with E-state index in [-0.39, 0.29) is 12.1 Å². The third-order valence-corrected chi connectivity index (χ3v) is 3.59. The van der Waals surface area contributed by atoms with E-state index in [0.717, 1.165) is 25.0 Å². The molecule has 0 aliphatic heterocycles. The van der Waals surface area contributed by atoms with Crippen LogP contribution in [-0.2, 0) is 4.74 Å². The second kappa shape index (κ2) is 6.86. The topological polar surface area (TPSA) is 47.6 Å². The first-order valence-corrected chi connectivity index (χ1v) is 7.70. The second-order valence-electron chi connectivity index (χ2n) is 6.58. The molecule has 0 bridgehead atoms. The molecule has 0 aromatic heterocycles. The minimum Gasteiger partial charge on any atom is -0.497 e. The van der Waals surface area contributed by atoms with Crippen LogP contribution in [0, 0.1) is 0 Å². The Balaban J connectivity index is 1.90. The monoisotopic (exact) mass is 303 g/mol. The zero-order valence-corrected chi connectivity index (χ0v) is 13.8. The number of alkyl carbamates (subject to hydrolysis) is 1. The van der Waals surface area contributed by atoms with Gasteiger partial charge in [0.1, 0.15) is 11.4 Å². The molecule has 1 aromatic carbocycles. The molecule has 1 N–H and O–H groups in total. The van der Waals surface area contributed by atoms with Crippen molar-refractivity contribution >= 4 is 11.7 Å². The molecule has 0 heterocycles. The smallest absolute Gasteiger partial charge is 0.407 e. The molecule has 1 unspecified atom stereocenters. The zero-order chi connectivity index (χ0) is 16.2. The maximum Gasteiger partial charge on any atom is 0.407 e. The number of carbonyl (C=O) groups is 1. The van der Waals surface area contributed by atoms with Crippen molar-refractivity contribution in [3.05, 3.63) is 35.9 Å². The average Bonchev–Trinajstić information content (AvgIpc) is 2.46. The van der Waals surface area contributed by atoms with Gasteiger partial charge in [-0.2, -0.15) is 0 Å². The van der Waals surface area contributed by atoms with Crippen LogP contribution in [0.15, 0.2) is 30.3 Å². The normalized spacial score (nSPS) is 18.4. The Kier molecular flexibility index (Phi) is 5.11. The highest BCUT2D eigenvalue weighted by Crippen LogP contribution is 2.28. The fraction of sp³-hybridized carbons (Fsp3) is 0.500. The molecule has 1 amide bonds. The number of nitrogens with one attached hydrogen (secondary N) is 1. The van der Waals surface area contributed by atoms with Gasteiger partial charge in [0, 0.05) is 6.04 Å². The molecule has 0 fully saturated rings. The summed E-state index contributed by atoms with van der Waals surface area (Å²) >= 11 is 0. The molecule has 0 spiro atoms. The Labute approximate surface area is 132 Å². The van der Waals surface area contributed by atoms with E-state index in [1.165, 1.54) is 11.1 Å². The summed E-state index contributed by atoms with van der Waals surface area (Å²) in [5, 5.41) is 2.94. The average molecular weight is 303 g/mol. The second-order valence-corrected chi connectivity index (χ2v) is 6.58. The Morgan fingerprint density at radius 3 is 2.41 bits per heavy atom. The third-order valence-electron chi connectivity index (χ3n) is 3.59. The van der Waals surface area contributed by atoms with E-state index >= 15 is 0 Å². The predicted molar refractivity (Wildman–Crippen MR) is 88.0 cm³/mol. The summed E-state index contributed by atoms with van der Waals surface area (Å²) in [4.78, 5) is 11.8. The molecule has 120 valence electrons. The molecule has 0 saturated carbocycles. The summed E-state index contributed by atoms with van der Waals surface area (Å²) in [6.07, 6.45) is 4.58. The molecule has 1 aliphatic rings. The van der Waals surface area contributed by atoms with Crippen LogP contribution in [0.3, 0.4) is 0 Å². The Hall–Kier alpha value is -1.97. The molecule has 0 saturated heterocycles. The minimum absolute atomic E-state index is 0.150. The molecule has 1 aromatic rings. The van der Waals surface area contributed by atoms with Crippen molar-refractivity contribution in [3.8, 4) is 5.75 Å². The number of amides is 1. The highest BCUT2D eigenvalue weighted by atomic mass is 16.6. The van der Waals surface area contributed by atoms with E-state index in [4.69, 9.17) is 9.47 Å². The van der Waals surface area contributed by atoms with Crippen LogP contribution in [0.2, 0.25) is 0 Å². The van der Waals surface area contributed by atoms with Gasteiger partial charge in [-0.3, -0.25) is 0 Å². The third kappa shape index (κ3) is 4.79. The van der Waals surface area contributed by atoms with E-state index in [2.05, 4.69) is 23.5 Å². The van der Waals surface area contributed by atoms with Crippen molar-refractivity contribution in [1.29, 1.82) is 0 Å². The van der Waals surface area contributed by atoms with Gasteiger partial charge in [-0.25, -0.2) is 4.79 Å². The highest BCUT2D eigenvalue weighted by molar-refractivity contribution is 5.70. The van der Waals surface area contributed by atoms with E-state index < -0.39 is 5.60 Å². The number of ether oxygens (including phenoxy) is 2. The van der Waals surface area contributed by atoms with Gasteiger partial charge in [0.05, 0.1) is 7.11 Å². The van der Waals surface area contributed by atoms with Crippen LogP contribution in [0.25, 0.3) is 5.57 Å². The number of benzene rings is 1. The van der Waals surface area contributed by atoms with Gasteiger partial charge in [0.25, 0.3) is 0 Å². The van der Waals surface area contributed by atoms with Crippen LogP contribution in [0.4, 0.5) is 4.79 Å². The molecule has 1 atom stereocenters. The first kappa shape index (κ1) is 16.4. The molecule has 4 nitrogen and oxygen atoms in total. The summed E-state index contributed by atoms with van der Waals surface area (Å²) in [5.41, 5.74) is 2.09. The van der Waals surface area contributed by atoms with Crippen LogP contribution in [-0.4, -0.2) is 24.8 Å². The van der Waals surface area contributed by atoms with Crippen molar-refractivity contribution in [2.45, 2.75) is 51.7 Å². The van der Waals surface area contributed by atoms with Crippen molar-refractivity contribution in [3.63, 3.8) is 0 Å². The fourth-order valence-electron chi connectivity index (χ4n) is 2.51. The van der Waals surface area contributed by atoms with Crippen LogP contribution in [0.1, 0.15) is 45.6 Å². The minimum atomic E-state index is -0.456. The number of hydrogen-bond acceptors (Lipinski definition) is 3. The lowest BCUT2D eigenvalue weighted by Crippen LogP contribution is -2.39. The van der Waals surface area contributed by atoms with E-state index in [0.29, 0.717) is 0 Å². The quantitative estimate of drug-likeness (QED) is 0.912. The van der Waals surface area contributed by atoms with Gasteiger partial charge in [-0.15, -0.1) is 0 Å². The van der Waals surface area contributed by atoms with Crippen molar-refractivity contribution in [1.82, 2.24) is 5.32 Å². The molecule has 0 radical (unpaired) electrons. The van der Waals surface area contributed by atoms with Gasteiger partial charge >= 0.3 is 6.09 Å². The van der Waals surface area contributed by atoms with Gasteiger partial charge in [0.15, 0.2) is 0 Å². The van der Waals surface area contributed by atoms with Crippen molar-refractivity contribution in [2.24, 2.45) is 0 Å². The summed E-state index contributed by atoms with van der Waals surface area (Å²) in [7, 11) is 1.67. The maximum absolute atomic E-state index is 11.8. The van der Waals surface area contributed by atoms with Gasteiger partial charge < -0.3 is 14.8 Å². The molecule has 2 rings (SSSR count). The number of carbonyl (C=O) groups excluding carboxylic acids is 1. The van der Waals surface area contributed by atoms with Crippen LogP contribution in [0.5, 0.6) is 5.75 Å². The molecular weight excluding hydrogens is 278 g/mol. The standard InChI is InChI=1S/C18H25NO3/c1-18(2,3)22-17(20)19-15-9-5-13(6-10-15)14-7-11-16(21-4)12-8-14/h5,7-8,11-12,15H,6,9-10H2,1-4H3,(H,19,20). The summed E-state index contributed by atoms with van der Waals surface area (Å²) in [5.74, 6) is 0.865.